The van der Waals surface area contributed by atoms with Gasteiger partial charge in [0, 0.05) is 23.2 Å². The number of anilines is 1. The Labute approximate surface area is 188 Å². The number of nitrogens with one attached hydrogen (secondary N) is 3. The van der Waals surface area contributed by atoms with E-state index < -0.39 is 24.0 Å². The van der Waals surface area contributed by atoms with E-state index >= 15 is 0 Å². The standard InChI is InChI=1S/C22H21ClN4O5/c1-12(28)24-15-7-4-6-14(9-15)17-11-19(27-26-17)21(30)25-18(20(29)22(31)32)10-13-5-2-3-8-16(13)23/h2-9,11,18,20,29H,10H2,1H3,(H,24,28)(H,25,30)(H,26,27)(H,31,32)/t18-,20-/m1/s1. The van der Waals surface area contributed by atoms with Gasteiger partial charge in [-0.25, -0.2) is 4.79 Å². The molecule has 1 heterocycles. The van der Waals surface area contributed by atoms with Gasteiger partial charge in [-0.1, -0.05) is 41.9 Å². The lowest BCUT2D eigenvalue weighted by molar-refractivity contribution is -0.148. The van der Waals surface area contributed by atoms with Crippen LogP contribution in [0.5, 0.6) is 0 Å². The van der Waals surface area contributed by atoms with Crippen LogP contribution in [-0.2, 0) is 16.0 Å². The van der Waals surface area contributed by atoms with Crippen LogP contribution in [0.1, 0.15) is 23.0 Å². The summed E-state index contributed by atoms with van der Waals surface area (Å²) in [5.41, 5.74) is 2.34. The van der Waals surface area contributed by atoms with Crippen molar-refractivity contribution in [2.24, 2.45) is 0 Å². The maximum Gasteiger partial charge on any atom is 0.334 e. The number of amides is 2. The second-order valence-corrected chi connectivity index (χ2v) is 7.49. The monoisotopic (exact) mass is 456 g/mol. The van der Waals surface area contributed by atoms with Crippen molar-refractivity contribution in [3.8, 4) is 11.3 Å². The highest BCUT2D eigenvalue weighted by Gasteiger charge is 2.29. The van der Waals surface area contributed by atoms with Crippen molar-refractivity contribution in [1.82, 2.24) is 15.5 Å². The van der Waals surface area contributed by atoms with E-state index in [9.17, 15) is 24.6 Å². The van der Waals surface area contributed by atoms with E-state index in [1.807, 2.05) is 0 Å². The molecule has 0 saturated heterocycles. The molecule has 1 aromatic heterocycles. The molecule has 2 aromatic carbocycles. The molecular formula is C22H21ClN4O5. The number of aliphatic hydroxyl groups is 1. The molecule has 3 rings (SSSR count). The van der Waals surface area contributed by atoms with Gasteiger partial charge in [-0.15, -0.1) is 0 Å². The van der Waals surface area contributed by atoms with Crippen LogP contribution in [-0.4, -0.2) is 50.3 Å². The van der Waals surface area contributed by atoms with Gasteiger partial charge in [0.2, 0.25) is 5.91 Å². The molecule has 0 fully saturated rings. The van der Waals surface area contributed by atoms with Gasteiger partial charge in [-0.3, -0.25) is 14.7 Å². The number of aromatic amines is 1. The van der Waals surface area contributed by atoms with Gasteiger partial charge in [0.05, 0.1) is 11.7 Å². The summed E-state index contributed by atoms with van der Waals surface area (Å²) in [6, 6.07) is 14.0. The van der Waals surface area contributed by atoms with Crippen molar-refractivity contribution in [2.75, 3.05) is 5.32 Å². The highest BCUT2D eigenvalue weighted by molar-refractivity contribution is 6.31. The topological polar surface area (TPSA) is 144 Å². The molecule has 0 aliphatic rings. The number of aromatic nitrogens is 2. The van der Waals surface area contributed by atoms with Crippen LogP contribution in [0, 0.1) is 0 Å². The average molecular weight is 457 g/mol. The Morgan fingerprint density at radius 3 is 2.56 bits per heavy atom. The average Bonchev–Trinajstić information content (AvgIpc) is 3.24. The minimum Gasteiger partial charge on any atom is -0.479 e. The first-order valence-electron chi connectivity index (χ1n) is 9.63. The van der Waals surface area contributed by atoms with Gasteiger partial charge in [-0.2, -0.15) is 5.10 Å². The van der Waals surface area contributed by atoms with Crippen LogP contribution < -0.4 is 10.6 Å². The van der Waals surface area contributed by atoms with E-state index in [0.717, 1.165) is 0 Å². The van der Waals surface area contributed by atoms with Gasteiger partial charge < -0.3 is 20.8 Å². The summed E-state index contributed by atoms with van der Waals surface area (Å²) >= 11 is 6.14. The molecule has 166 valence electrons. The molecular weight excluding hydrogens is 436 g/mol. The van der Waals surface area contributed by atoms with Crippen molar-refractivity contribution in [1.29, 1.82) is 0 Å². The van der Waals surface area contributed by atoms with Gasteiger partial charge in [0.15, 0.2) is 6.10 Å². The fourth-order valence-corrected chi connectivity index (χ4v) is 3.32. The number of carboxylic acid groups (broad SMARTS) is 1. The van der Waals surface area contributed by atoms with Crippen LogP contribution in [0.3, 0.4) is 0 Å². The first-order valence-corrected chi connectivity index (χ1v) is 10.0. The molecule has 0 spiro atoms. The number of carboxylic acids is 1. The van der Waals surface area contributed by atoms with Gasteiger partial charge >= 0.3 is 5.97 Å². The molecule has 2 atom stereocenters. The number of hydrogen-bond donors (Lipinski definition) is 5. The summed E-state index contributed by atoms with van der Waals surface area (Å²) in [7, 11) is 0. The number of aliphatic hydroxyl groups excluding tert-OH is 1. The smallest absolute Gasteiger partial charge is 0.334 e. The number of hydrogen-bond acceptors (Lipinski definition) is 5. The Bertz CT molecular complexity index is 1150. The Hall–Kier alpha value is -3.69. The Kier molecular flexibility index (Phi) is 7.24. The van der Waals surface area contributed by atoms with Crippen molar-refractivity contribution >= 4 is 35.1 Å². The van der Waals surface area contributed by atoms with E-state index in [0.29, 0.717) is 27.5 Å². The fraction of sp³-hybridized carbons (Fsp3) is 0.182. The molecule has 10 heteroatoms. The number of aliphatic carboxylic acids is 1. The summed E-state index contributed by atoms with van der Waals surface area (Å²) < 4.78 is 0. The molecule has 32 heavy (non-hydrogen) atoms. The molecule has 9 nitrogen and oxygen atoms in total. The SMILES string of the molecule is CC(=O)Nc1cccc(-c2cc(C(=O)N[C@H](Cc3ccccc3Cl)[C@@H](O)C(=O)O)[nH]n2)c1. The second kappa shape index (κ2) is 10.1. The molecule has 0 unspecified atom stereocenters. The van der Waals surface area contributed by atoms with E-state index in [1.165, 1.54) is 13.0 Å². The van der Waals surface area contributed by atoms with Crippen molar-refractivity contribution in [3.63, 3.8) is 0 Å². The molecule has 0 aliphatic heterocycles. The highest BCUT2D eigenvalue weighted by Crippen LogP contribution is 2.22. The molecule has 2 amide bonds. The Balaban J connectivity index is 1.79. The third-order valence-corrected chi connectivity index (χ3v) is 5.02. The zero-order chi connectivity index (χ0) is 23.3. The maximum absolute atomic E-state index is 12.7. The maximum atomic E-state index is 12.7. The molecule has 0 saturated carbocycles. The largest absolute Gasteiger partial charge is 0.479 e. The second-order valence-electron chi connectivity index (χ2n) is 7.09. The lowest BCUT2D eigenvalue weighted by Crippen LogP contribution is -2.48. The zero-order valence-electron chi connectivity index (χ0n) is 17.0. The Morgan fingerprint density at radius 1 is 1.12 bits per heavy atom. The van der Waals surface area contributed by atoms with Gasteiger partial charge in [0.25, 0.3) is 5.91 Å². The van der Waals surface area contributed by atoms with Crippen molar-refractivity contribution < 1.29 is 24.6 Å². The molecule has 0 aliphatic carbocycles. The summed E-state index contributed by atoms with van der Waals surface area (Å²) in [5.74, 6) is -2.33. The van der Waals surface area contributed by atoms with Crippen LogP contribution in [0.25, 0.3) is 11.3 Å². The number of rotatable bonds is 8. The van der Waals surface area contributed by atoms with Crippen molar-refractivity contribution in [2.45, 2.75) is 25.5 Å². The number of nitrogens with zero attached hydrogens (tertiary/aromatic N) is 1. The van der Waals surface area contributed by atoms with E-state index in [-0.39, 0.29) is 18.0 Å². The van der Waals surface area contributed by atoms with Crippen LogP contribution in [0.15, 0.2) is 54.6 Å². The minimum atomic E-state index is -1.84. The first kappa shape index (κ1) is 23.0. The van der Waals surface area contributed by atoms with Crippen LogP contribution in [0.2, 0.25) is 5.02 Å². The highest BCUT2D eigenvalue weighted by atomic mass is 35.5. The predicted octanol–water partition coefficient (Wildman–Crippen LogP) is 2.48. The summed E-state index contributed by atoms with van der Waals surface area (Å²) in [5, 5.41) is 31.7. The number of carbonyl (C=O) groups excluding carboxylic acids is 2. The summed E-state index contributed by atoms with van der Waals surface area (Å²) in [6.45, 7) is 1.40. The van der Waals surface area contributed by atoms with E-state index in [1.54, 1.807) is 48.5 Å². The lowest BCUT2D eigenvalue weighted by Gasteiger charge is -2.21. The van der Waals surface area contributed by atoms with E-state index in [2.05, 4.69) is 20.8 Å². The fourth-order valence-electron chi connectivity index (χ4n) is 3.11. The first-order chi connectivity index (χ1) is 15.2. The molecule has 0 bridgehead atoms. The summed E-state index contributed by atoms with van der Waals surface area (Å²) in [6.07, 6.45) is -1.83. The predicted molar refractivity (Wildman–Crippen MR) is 118 cm³/mol. The summed E-state index contributed by atoms with van der Waals surface area (Å²) in [4.78, 5) is 35.3. The number of halogens is 1. The molecule has 0 radical (unpaired) electrons. The normalized spacial score (nSPS) is 12.6. The molecule has 3 aromatic rings. The van der Waals surface area contributed by atoms with Gasteiger partial charge in [-0.05, 0) is 36.2 Å². The number of H-pyrrole nitrogens is 1. The minimum absolute atomic E-state index is 0.0125. The van der Waals surface area contributed by atoms with Crippen LogP contribution in [0.4, 0.5) is 5.69 Å². The quantitative estimate of drug-likeness (QED) is 0.352. The third kappa shape index (κ3) is 5.71. The van der Waals surface area contributed by atoms with E-state index in [4.69, 9.17) is 11.6 Å². The lowest BCUT2D eigenvalue weighted by atomic mass is 10.0. The van der Waals surface area contributed by atoms with Gasteiger partial charge in [0.1, 0.15) is 5.69 Å². The van der Waals surface area contributed by atoms with Crippen LogP contribution >= 0.6 is 11.6 Å². The Morgan fingerprint density at radius 2 is 1.88 bits per heavy atom. The third-order valence-electron chi connectivity index (χ3n) is 4.65. The zero-order valence-corrected chi connectivity index (χ0v) is 17.8. The molecule has 5 N–H and O–H groups in total. The number of carbonyl (C=O) groups is 3. The van der Waals surface area contributed by atoms with Crippen molar-refractivity contribution in [3.05, 3.63) is 70.9 Å². The number of benzene rings is 2.